The number of nitrogens with two attached hydrogens (primary N) is 1. The quantitative estimate of drug-likeness (QED) is 0.768. The van der Waals surface area contributed by atoms with Gasteiger partial charge in [0.25, 0.3) is 0 Å². The number of rotatable bonds is 4. The maximum Gasteiger partial charge on any atom is 0.339 e. The van der Waals surface area contributed by atoms with Gasteiger partial charge in [-0.1, -0.05) is 0 Å². The number of carboxylic acids is 1. The van der Waals surface area contributed by atoms with E-state index in [0.717, 1.165) is 0 Å². The van der Waals surface area contributed by atoms with Crippen LogP contribution in [0.1, 0.15) is 10.4 Å². The molecule has 0 bridgehead atoms. The molecule has 1 heterocycles. The van der Waals surface area contributed by atoms with Crippen LogP contribution in [0.5, 0.6) is 11.5 Å². The summed E-state index contributed by atoms with van der Waals surface area (Å²) in [7, 11) is 2.83. The zero-order valence-corrected chi connectivity index (χ0v) is 10.4. The third-order valence-electron chi connectivity index (χ3n) is 2.62. The van der Waals surface area contributed by atoms with Gasteiger partial charge in [0, 0.05) is 11.6 Å². The minimum Gasteiger partial charge on any atom is -0.493 e. The average Bonchev–Trinajstić information content (AvgIpc) is 2.83. The first-order valence-corrected chi connectivity index (χ1v) is 5.37. The van der Waals surface area contributed by atoms with E-state index in [-0.39, 0.29) is 11.3 Å². The highest BCUT2D eigenvalue weighted by Crippen LogP contribution is 2.36. The summed E-state index contributed by atoms with van der Waals surface area (Å²) >= 11 is 0. The van der Waals surface area contributed by atoms with E-state index >= 15 is 0 Å². The van der Waals surface area contributed by atoms with Gasteiger partial charge >= 0.3 is 5.97 Å². The predicted molar refractivity (Wildman–Crippen MR) is 68.5 cm³/mol. The summed E-state index contributed by atoms with van der Waals surface area (Å²) in [4.78, 5) is 11.3. The number of H-pyrrole nitrogens is 1. The number of nitrogen functional groups attached to an aromatic ring is 1. The molecule has 0 spiro atoms. The van der Waals surface area contributed by atoms with Gasteiger partial charge in [-0.15, -0.1) is 0 Å². The van der Waals surface area contributed by atoms with E-state index in [2.05, 4.69) is 10.2 Å². The van der Waals surface area contributed by atoms with E-state index in [1.165, 1.54) is 20.3 Å². The van der Waals surface area contributed by atoms with E-state index in [1.54, 1.807) is 12.1 Å². The number of carboxylic acid groups (broad SMARTS) is 1. The maximum atomic E-state index is 11.3. The third-order valence-corrected chi connectivity index (χ3v) is 2.62. The average molecular weight is 263 g/mol. The van der Waals surface area contributed by atoms with Crippen molar-refractivity contribution in [1.82, 2.24) is 10.2 Å². The smallest absolute Gasteiger partial charge is 0.339 e. The molecular weight excluding hydrogens is 250 g/mol. The summed E-state index contributed by atoms with van der Waals surface area (Å²) in [6.45, 7) is 0. The van der Waals surface area contributed by atoms with Gasteiger partial charge < -0.3 is 20.3 Å². The second-order valence-electron chi connectivity index (χ2n) is 3.77. The molecule has 0 amide bonds. The van der Waals surface area contributed by atoms with Crippen molar-refractivity contribution in [3.8, 4) is 22.8 Å². The standard InChI is InChI=1S/C12H13N3O4/c1-18-9-4-6(8-5-10(13)15-14-8)3-7(12(16)17)11(9)19-2/h3-5H,1-2H3,(H,16,17)(H3,13,14,15). The Balaban J connectivity index is 2.64. The number of carbonyl (C=O) groups is 1. The lowest BCUT2D eigenvalue weighted by atomic mass is 10.1. The van der Waals surface area contributed by atoms with E-state index in [9.17, 15) is 9.90 Å². The third kappa shape index (κ3) is 2.30. The molecule has 1 aromatic carbocycles. The Labute approximate surface area is 109 Å². The highest BCUT2D eigenvalue weighted by atomic mass is 16.5. The van der Waals surface area contributed by atoms with E-state index < -0.39 is 5.97 Å². The lowest BCUT2D eigenvalue weighted by molar-refractivity contribution is 0.0692. The fraction of sp³-hybridized carbons (Fsp3) is 0.167. The summed E-state index contributed by atoms with van der Waals surface area (Å²) in [6, 6.07) is 4.72. The van der Waals surface area contributed by atoms with Crippen LogP contribution in [0.4, 0.5) is 5.82 Å². The molecule has 100 valence electrons. The van der Waals surface area contributed by atoms with E-state index in [4.69, 9.17) is 15.2 Å². The number of hydrogen-bond donors (Lipinski definition) is 3. The van der Waals surface area contributed by atoms with Gasteiger partial charge in [0.05, 0.1) is 19.9 Å². The molecule has 0 unspecified atom stereocenters. The molecule has 0 fully saturated rings. The molecule has 2 aromatic rings. The Morgan fingerprint density at radius 1 is 1.32 bits per heavy atom. The molecule has 7 nitrogen and oxygen atoms in total. The highest BCUT2D eigenvalue weighted by molar-refractivity contribution is 5.94. The van der Waals surface area contributed by atoms with Crippen molar-refractivity contribution in [2.75, 3.05) is 20.0 Å². The van der Waals surface area contributed by atoms with Gasteiger partial charge in [0.15, 0.2) is 11.5 Å². The molecule has 7 heteroatoms. The van der Waals surface area contributed by atoms with Crippen LogP contribution in [0, 0.1) is 0 Å². The Bertz CT molecular complexity index is 621. The number of aromatic nitrogens is 2. The fourth-order valence-electron chi connectivity index (χ4n) is 1.76. The van der Waals surface area contributed by atoms with Gasteiger partial charge in [0.1, 0.15) is 11.4 Å². The van der Waals surface area contributed by atoms with Crippen molar-refractivity contribution < 1.29 is 19.4 Å². The Morgan fingerprint density at radius 2 is 2.05 bits per heavy atom. The van der Waals surface area contributed by atoms with Gasteiger partial charge in [-0.3, -0.25) is 5.10 Å². The highest BCUT2D eigenvalue weighted by Gasteiger charge is 2.19. The van der Waals surface area contributed by atoms with Crippen molar-refractivity contribution in [2.45, 2.75) is 0 Å². The number of benzene rings is 1. The number of aromatic carboxylic acids is 1. The summed E-state index contributed by atoms with van der Waals surface area (Å²) in [5.74, 6) is -0.289. The zero-order valence-electron chi connectivity index (χ0n) is 10.4. The van der Waals surface area contributed by atoms with Crippen LogP contribution in [0.15, 0.2) is 18.2 Å². The molecule has 0 aliphatic heterocycles. The van der Waals surface area contributed by atoms with Crippen LogP contribution >= 0.6 is 0 Å². The minimum absolute atomic E-state index is 0.00465. The molecule has 4 N–H and O–H groups in total. The predicted octanol–water partition coefficient (Wildman–Crippen LogP) is 1.37. The summed E-state index contributed by atoms with van der Waals surface area (Å²) in [6.07, 6.45) is 0. The van der Waals surface area contributed by atoms with Gasteiger partial charge in [-0.2, -0.15) is 5.10 Å². The van der Waals surface area contributed by atoms with Crippen LogP contribution in [0.25, 0.3) is 11.3 Å². The number of ether oxygens (including phenoxy) is 2. The number of methoxy groups -OCH3 is 2. The van der Waals surface area contributed by atoms with Crippen molar-refractivity contribution in [1.29, 1.82) is 0 Å². The molecule has 0 aliphatic rings. The van der Waals surface area contributed by atoms with Crippen LogP contribution in [-0.2, 0) is 0 Å². The normalized spacial score (nSPS) is 10.2. The zero-order chi connectivity index (χ0) is 14.0. The molecule has 0 saturated carbocycles. The van der Waals surface area contributed by atoms with E-state index in [0.29, 0.717) is 22.8 Å². The Kier molecular flexibility index (Phi) is 3.28. The first kappa shape index (κ1) is 12.7. The molecule has 19 heavy (non-hydrogen) atoms. The lowest BCUT2D eigenvalue weighted by Gasteiger charge is -2.12. The summed E-state index contributed by atoms with van der Waals surface area (Å²) in [5, 5.41) is 15.7. The van der Waals surface area contributed by atoms with Crippen molar-refractivity contribution in [3.63, 3.8) is 0 Å². The topological polar surface area (TPSA) is 110 Å². The number of hydrogen-bond acceptors (Lipinski definition) is 5. The number of anilines is 1. The van der Waals surface area contributed by atoms with Gasteiger partial charge in [-0.05, 0) is 12.1 Å². The molecule has 0 aliphatic carbocycles. The number of nitrogens with zero attached hydrogens (tertiary/aromatic N) is 1. The molecule has 2 rings (SSSR count). The first-order valence-electron chi connectivity index (χ1n) is 5.37. The van der Waals surface area contributed by atoms with Crippen molar-refractivity contribution in [3.05, 3.63) is 23.8 Å². The van der Waals surface area contributed by atoms with Gasteiger partial charge in [0.2, 0.25) is 0 Å². The van der Waals surface area contributed by atoms with Crippen molar-refractivity contribution in [2.24, 2.45) is 0 Å². The van der Waals surface area contributed by atoms with Crippen molar-refractivity contribution >= 4 is 11.8 Å². The second kappa shape index (κ2) is 4.89. The first-order chi connectivity index (χ1) is 9.06. The number of aromatic amines is 1. The lowest BCUT2D eigenvalue weighted by Crippen LogP contribution is -2.03. The Hall–Kier alpha value is -2.70. The molecule has 0 saturated heterocycles. The van der Waals surface area contributed by atoms with Crippen LogP contribution in [0.2, 0.25) is 0 Å². The Morgan fingerprint density at radius 3 is 2.53 bits per heavy atom. The minimum atomic E-state index is -1.11. The van der Waals surface area contributed by atoms with Crippen LogP contribution < -0.4 is 15.2 Å². The molecule has 1 aromatic heterocycles. The van der Waals surface area contributed by atoms with E-state index in [1.807, 2.05) is 0 Å². The van der Waals surface area contributed by atoms with Crippen LogP contribution in [0.3, 0.4) is 0 Å². The fourth-order valence-corrected chi connectivity index (χ4v) is 1.76. The molecular formula is C12H13N3O4. The SMILES string of the molecule is COc1cc(-c2cc(N)n[nH]2)cc(C(=O)O)c1OC. The van der Waals surface area contributed by atoms with Gasteiger partial charge in [-0.25, -0.2) is 4.79 Å². The maximum absolute atomic E-state index is 11.3. The monoisotopic (exact) mass is 263 g/mol. The largest absolute Gasteiger partial charge is 0.493 e. The van der Waals surface area contributed by atoms with Crippen LogP contribution in [-0.4, -0.2) is 35.5 Å². The molecule has 0 atom stereocenters. The summed E-state index contributed by atoms with van der Waals surface area (Å²) < 4.78 is 10.2. The summed E-state index contributed by atoms with van der Waals surface area (Å²) in [5.41, 5.74) is 6.73. The molecule has 0 radical (unpaired) electrons. The number of nitrogens with one attached hydrogen (secondary N) is 1. The second-order valence-corrected chi connectivity index (χ2v) is 3.77.